The predicted molar refractivity (Wildman–Crippen MR) is 103 cm³/mol. The zero-order chi connectivity index (χ0) is 19.2. The van der Waals surface area contributed by atoms with Gasteiger partial charge in [-0.15, -0.1) is 0 Å². The number of nitrogens with one attached hydrogen (secondary N) is 1. The quantitative estimate of drug-likeness (QED) is 0.498. The van der Waals surface area contributed by atoms with Crippen molar-refractivity contribution in [3.63, 3.8) is 0 Å². The molecule has 3 rings (SSSR count). The summed E-state index contributed by atoms with van der Waals surface area (Å²) in [7, 11) is 1.60. The minimum Gasteiger partial charge on any atom is -0.497 e. The lowest BCUT2D eigenvalue weighted by Gasteiger charge is -2.08. The second kappa shape index (κ2) is 8.36. The van der Waals surface area contributed by atoms with Crippen LogP contribution in [0, 0.1) is 0 Å². The van der Waals surface area contributed by atoms with Crippen LogP contribution in [0.1, 0.15) is 38.9 Å². The molecule has 0 aliphatic rings. The van der Waals surface area contributed by atoms with E-state index in [2.05, 4.69) is 4.98 Å². The number of carbonyl (C=O) groups excluding carboxylic acids is 2. The number of methoxy groups -OCH3 is 1. The molecule has 2 aromatic carbocycles. The fourth-order valence-electron chi connectivity index (χ4n) is 3.03. The molecule has 138 valence electrons. The lowest BCUT2D eigenvalue weighted by atomic mass is 10.0. The average Bonchev–Trinajstić information content (AvgIpc) is 3.11. The fourth-order valence-corrected chi connectivity index (χ4v) is 3.03. The number of ether oxygens (including phenoxy) is 2. The van der Waals surface area contributed by atoms with Crippen LogP contribution in [0.2, 0.25) is 0 Å². The van der Waals surface area contributed by atoms with Gasteiger partial charge in [-0.05, 0) is 47.4 Å². The highest BCUT2D eigenvalue weighted by molar-refractivity contribution is 6.01. The first-order valence-electron chi connectivity index (χ1n) is 8.73. The normalized spacial score (nSPS) is 10.4. The van der Waals surface area contributed by atoms with Crippen molar-refractivity contribution in [2.24, 2.45) is 0 Å². The van der Waals surface area contributed by atoms with Crippen molar-refractivity contribution in [1.82, 2.24) is 4.98 Å². The molecule has 5 nitrogen and oxygen atoms in total. The second-order valence-electron chi connectivity index (χ2n) is 6.03. The number of hydrogen-bond donors (Lipinski definition) is 1. The van der Waals surface area contributed by atoms with Gasteiger partial charge in [0.25, 0.3) is 0 Å². The molecule has 3 aromatic rings. The van der Waals surface area contributed by atoms with E-state index in [4.69, 9.17) is 9.47 Å². The Morgan fingerprint density at radius 2 is 1.78 bits per heavy atom. The lowest BCUT2D eigenvalue weighted by molar-refractivity contribution is 0.0470. The molecule has 0 saturated carbocycles. The van der Waals surface area contributed by atoms with Gasteiger partial charge in [0.15, 0.2) is 6.29 Å². The molecular formula is C22H21NO4. The van der Waals surface area contributed by atoms with Gasteiger partial charge < -0.3 is 14.5 Å². The number of H-pyrrole nitrogens is 1. The van der Waals surface area contributed by atoms with Gasteiger partial charge in [0.05, 0.1) is 24.1 Å². The maximum atomic E-state index is 12.7. The number of hydrogen-bond acceptors (Lipinski definition) is 4. The van der Waals surface area contributed by atoms with Crippen molar-refractivity contribution in [2.75, 3.05) is 7.11 Å². The van der Waals surface area contributed by atoms with Crippen LogP contribution in [-0.4, -0.2) is 24.3 Å². The van der Waals surface area contributed by atoms with E-state index in [1.54, 1.807) is 7.11 Å². The van der Waals surface area contributed by atoms with Gasteiger partial charge in [-0.1, -0.05) is 37.3 Å². The van der Waals surface area contributed by atoms with Crippen molar-refractivity contribution in [3.05, 3.63) is 77.0 Å². The Bertz CT molecular complexity index is 927. The summed E-state index contributed by atoms with van der Waals surface area (Å²) in [6.45, 7) is 2.10. The van der Waals surface area contributed by atoms with E-state index in [1.807, 2.05) is 61.5 Å². The summed E-state index contributed by atoms with van der Waals surface area (Å²) in [6, 6.07) is 16.9. The highest BCUT2D eigenvalue weighted by atomic mass is 16.5. The third kappa shape index (κ3) is 3.92. The number of aromatic nitrogens is 1. The molecule has 1 N–H and O–H groups in total. The molecule has 1 heterocycles. The van der Waals surface area contributed by atoms with E-state index in [-0.39, 0.29) is 12.3 Å². The SMILES string of the molecule is CCc1c(-c2ccc(OC)cc2)[nH]c(C=O)c1C(=O)OCc1ccccc1. The number of benzene rings is 2. The Morgan fingerprint density at radius 3 is 2.37 bits per heavy atom. The molecule has 0 radical (unpaired) electrons. The summed E-state index contributed by atoms with van der Waals surface area (Å²) in [5, 5.41) is 0. The van der Waals surface area contributed by atoms with Gasteiger partial charge in [0, 0.05) is 0 Å². The molecule has 0 atom stereocenters. The molecule has 27 heavy (non-hydrogen) atoms. The van der Waals surface area contributed by atoms with E-state index in [9.17, 15) is 9.59 Å². The maximum absolute atomic E-state index is 12.7. The summed E-state index contributed by atoms with van der Waals surface area (Å²) >= 11 is 0. The van der Waals surface area contributed by atoms with Crippen molar-refractivity contribution in [2.45, 2.75) is 20.0 Å². The molecule has 0 saturated heterocycles. The molecule has 5 heteroatoms. The van der Waals surface area contributed by atoms with Crippen molar-refractivity contribution >= 4 is 12.3 Å². The summed E-state index contributed by atoms with van der Waals surface area (Å²) in [6.07, 6.45) is 1.24. The molecule has 0 unspecified atom stereocenters. The summed E-state index contributed by atoms with van der Waals surface area (Å²) in [5.74, 6) is 0.232. The van der Waals surface area contributed by atoms with Crippen LogP contribution in [0.5, 0.6) is 5.75 Å². The largest absolute Gasteiger partial charge is 0.497 e. The van der Waals surface area contributed by atoms with Gasteiger partial charge in [0.1, 0.15) is 12.4 Å². The maximum Gasteiger partial charge on any atom is 0.341 e. The Labute approximate surface area is 157 Å². The van der Waals surface area contributed by atoms with E-state index in [1.165, 1.54) is 0 Å². The first kappa shape index (κ1) is 18.5. The van der Waals surface area contributed by atoms with Gasteiger partial charge in [-0.3, -0.25) is 4.79 Å². The molecule has 0 amide bonds. The standard InChI is InChI=1S/C22H21NO4/c1-3-18-20(22(25)27-14-15-7-5-4-6-8-15)19(13-24)23-21(18)16-9-11-17(26-2)12-10-16/h4-13,23H,3,14H2,1-2H3. The molecule has 0 aliphatic heterocycles. The molecule has 0 bridgehead atoms. The summed E-state index contributed by atoms with van der Waals surface area (Å²) < 4.78 is 10.6. The van der Waals surface area contributed by atoms with Crippen LogP contribution in [0.15, 0.2) is 54.6 Å². The smallest absolute Gasteiger partial charge is 0.341 e. The molecule has 0 fully saturated rings. The van der Waals surface area contributed by atoms with Crippen LogP contribution in [0.3, 0.4) is 0 Å². The minimum absolute atomic E-state index is 0.157. The van der Waals surface area contributed by atoms with Crippen LogP contribution in [-0.2, 0) is 17.8 Å². The predicted octanol–water partition coefficient (Wildman–Crippen LogP) is 4.42. The number of carbonyl (C=O) groups is 2. The highest BCUT2D eigenvalue weighted by Gasteiger charge is 2.24. The van der Waals surface area contributed by atoms with Crippen molar-refractivity contribution in [1.29, 1.82) is 0 Å². The van der Waals surface area contributed by atoms with E-state index in [0.717, 1.165) is 28.1 Å². The fraction of sp³-hybridized carbons (Fsp3) is 0.182. The third-order valence-electron chi connectivity index (χ3n) is 4.40. The number of aromatic amines is 1. The number of rotatable bonds is 7. The Kier molecular flexibility index (Phi) is 5.71. The van der Waals surface area contributed by atoms with Crippen molar-refractivity contribution < 1.29 is 19.1 Å². The Morgan fingerprint density at radius 1 is 1.07 bits per heavy atom. The van der Waals surface area contributed by atoms with E-state index in [0.29, 0.717) is 18.3 Å². The topological polar surface area (TPSA) is 68.4 Å². The Hall–Kier alpha value is -3.34. The van der Waals surface area contributed by atoms with Gasteiger partial charge >= 0.3 is 5.97 Å². The Balaban J connectivity index is 1.92. The van der Waals surface area contributed by atoms with Gasteiger partial charge in [-0.25, -0.2) is 4.79 Å². The van der Waals surface area contributed by atoms with Crippen LogP contribution in [0.4, 0.5) is 0 Å². The van der Waals surface area contributed by atoms with Crippen LogP contribution >= 0.6 is 0 Å². The summed E-state index contributed by atoms with van der Waals surface area (Å²) in [4.78, 5) is 27.3. The molecular weight excluding hydrogens is 342 g/mol. The molecule has 1 aromatic heterocycles. The number of esters is 1. The minimum atomic E-state index is -0.506. The van der Waals surface area contributed by atoms with Crippen LogP contribution < -0.4 is 4.74 Å². The van der Waals surface area contributed by atoms with E-state index >= 15 is 0 Å². The lowest BCUT2D eigenvalue weighted by Crippen LogP contribution is -2.09. The van der Waals surface area contributed by atoms with Crippen LogP contribution in [0.25, 0.3) is 11.3 Å². The zero-order valence-corrected chi connectivity index (χ0v) is 15.3. The number of aldehydes is 1. The monoisotopic (exact) mass is 363 g/mol. The van der Waals surface area contributed by atoms with E-state index < -0.39 is 5.97 Å². The van der Waals surface area contributed by atoms with Crippen molar-refractivity contribution in [3.8, 4) is 17.0 Å². The van der Waals surface area contributed by atoms with Gasteiger partial charge in [0.2, 0.25) is 0 Å². The first-order chi connectivity index (χ1) is 13.2. The average molecular weight is 363 g/mol. The third-order valence-corrected chi connectivity index (χ3v) is 4.40. The highest BCUT2D eigenvalue weighted by Crippen LogP contribution is 2.30. The second-order valence-corrected chi connectivity index (χ2v) is 6.03. The zero-order valence-electron chi connectivity index (χ0n) is 15.3. The van der Waals surface area contributed by atoms with Gasteiger partial charge in [-0.2, -0.15) is 0 Å². The summed E-state index contributed by atoms with van der Waals surface area (Å²) in [5.41, 5.74) is 3.81. The molecule has 0 aliphatic carbocycles. The first-order valence-corrected chi connectivity index (χ1v) is 8.73. The molecule has 0 spiro atoms.